The van der Waals surface area contributed by atoms with Crippen LogP contribution in [0.15, 0.2) is 30.3 Å². The fourth-order valence-electron chi connectivity index (χ4n) is 2.80. The quantitative estimate of drug-likeness (QED) is 0.891. The topological polar surface area (TPSA) is 59.6 Å². The molecule has 108 valence electrons. The van der Waals surface area contributed by atoms with Crippen LogP contribution in [0.4, 0.5) is 10.5 Å². The maximum absolute atomic E-state index is 11.8. The Morgan fingerprint density at radius 3 is 2.75 bits per heavy atom. The number of carbonyl (C=O) groups is 1. The number of urea groups is 1. The third-order valence-electron chi connectivity index (χ3n) is 3.80. The fourth-order valence-corrected chi connectivity index (χ4v) is 2.80. The van der Waals surface area contributed by atoms with Crippen LogP contribution in [0.5, 0.6) is 0 Å². The van der Waals surface area contributed by atoms with E-state index >= 15 is 0 Å². The maximum atomic E-state index is 11.8. The zero-order valence-corrected chi connectivity index (χ0v) is 11.4. The first kappa shape index (κ1) is 13.4. The van der Waals surface area contributed by atoms with E-state index in [1.807, 2.05) is 30.3 Å². The fraction of sp³-hybridized carbons (Fsp3) is 0.533. The average molecular weight is 276 g/mol. The molecule has 1 spiro atoms. The first-order valence-electron chi connectivity index (χ1n) is 7.17. The summed E-state index contributed by atoms with van der Waals surface area (Å²) >= 11 is 0. The summed E-state index contributed by atoms with van der Waals surface area (Å²) in [5.74, 6) is -0.359. The molecule has 3 rings (SSSR count). The van der Waals surface area contributed by atoms with E-state index in [0.29, 0.717) is 13.2 Å². The van der Waals surface area contributed by atoms with Crippen LogP contribution in [0, 0.1) is 0 Å². The molecule has 1 heterocycles. The molecule has 1 saturated carbocycles. The van der Waals surface area contributed by atoms with Crippen LogP contribution in [-0.2, 0) is 9.47 Å². The van der Waals surface area contributed by atoms with Crippen molar-refractivity contribution in [3.8, 4) is 0 Å². The summed E-state index contributed by atoms with van der Waals surface area (Å²) in [4.78, 5) is 11.8. The molecular weight excluding hydrogens is 256 g/mol. The molecule has 1 aliphatic heterocycles. The van der Waals surface area contributed by atoms with Crippen molar-refractivity contribution >= 4 is 11.7 Å². The highest BCUT2D eigenvalue weighted by molar-refractivity contribution is 5.89. The van der Waals surface area contributed by atoms with E-state index < -0.39 is 0 Å². The van der Waals surface area contributed by atoms with E-state index in [4.69, 9.17) is 9.47 Å². The highest BCUT2D eigenvalue weighted by atomic mass is 16.7. The smallest absolute Gasteiger partial charge is 0.319 e. The highest BCUT2D eigenvalue weighted by Crippen LogP contribution is 2.38. The minimum atomic E-state index is -0.359. The lowest BCUT2D eigenvalue weighted by molar-refractivity contribution is -0.160. The van der Waals surface area contributed by atoms with Gasteiger partial charge in [0.25, 0.3) is 0 Å². The van der Waals surface area contributed by atoms with Crippen LogP contribution in [-0.4, -0.2) is 31.1 Å². The van der Waals surface area contributed by atoms with Crippen molar-refractivity contribution in [3.05, 3.63) is 30.3 Å². The lowest BCUT2D eigenvalue weighted by Crippen LogP contribution is -2.37. The van der Waals surface area contributed by atoms with Gasteiger partial charge in [-0.25, -0.2) is 4.79 Å². The Balaban J connectivity index is 1.42. The van der Waals surface area contributed by atoms with Gasteiger partial charge in [-0.05, 0) is 25.0 Å². The molecule has 5 nitrogen and oxygen atoms in total. The number of anilines is 1. The van der Waals surface area contributed by atoms with E-state index in [0.717, 1.165) is 31.4 Å². The second kappa shape index (κ2) is 5.81. The molecule has 1 aromatic rings. The van der Waals surface area contributed by atoms with Crippen molar-refractivity contribution < 1.29 is 14.3 Å². The number of nitrogens with one attached hydrogen (secondary N) is 2. The van der Waals surface area contributed by atoms with E-state index in [1.165, 1.54) is 0 Å². The lowest BCUT2D eigenvalue weighted by Gasteiger charge is -2.21. The summed E-state index contributed by atoms with van der Waals surface area (Å²) in [7, 11) is 0. The van der Waals surface area contributed by atoms with Gasteiger partial charge in [0.15, 0.2) is 5.79 Å². The molecule has 1 atom stereocenters. The van der Waals surface area contributed by atoms with Crippen LogP contribution >= 0.6 is 0 Å². The van der Waals surface area contributed by atoms with Crippen molar-refractivity contribution in [1.82, 2.24) is 5.32 Å². The molecule has 0 aromatic heterocycles. The molecule has 1 aliphatic carbocycles. The molecule has 2 fully saturated rings. The molecule has 2 N–H and O–H groups in total. The Hall–Kier alpha value is -1.59. The maximum Gasteiger partial charge on any atom is 0.319 e. The summed E-state index contributed by atoms with van der Waals surface area (Å²) in [6.45, 7) is 1.03. The van der Waals surface area contributed by atoms with Gasteiger partial charge in [0.05, 0.1) is 6.61 Å². The number of benzene rings is 1. The van der Waals surface area contributed by atoms with E-state index in [1.54, 1.807) is 0 Å². The van der Waals surface area contributed by atoms with Gasteiger partial charge in [0, 0.05) is 25.1 Å². The number of amides is 2. The standard InChI is InChI=1S/C15H20N2O3/c18-14(17-12-6-2-1-3-7-12)16-10-13-11-19-15(20-13)8-4-5-9-15/h1-3,6-7,13H,4-5,8-11H2,(H2,16,17,18)/t13-/m1/s1. The normalized spacial score (nSPS) is 23.9. The number of ether oxygens (including phenoxy) is 2. The van der Waals surface area contributed by atoms with Gasteiger partial charge >= 0.3 is 6.03 Å². The molecule has 20 heavy (non-hydrogen) atoms. The summed E-state index contributed by atoms with van der Waals surface area (Å²) < 4.78 is 11.7. The summed E-state index contributed by atoms with van der Waals surface area (Å²) in [5.41, 5.74) is 0.779. The second-order valence-corrected chi connectivity index (χ2v) is 5.37. The first-order chi connectivity index (χ1) is 9.76. The van der Waals surface area contributed by atoms with Gasteiger partial charge in [-0.3, -0.25) is 0 Å². The van der Waals surface area contributed by atoms with Crippen LogP contribution in [0.25, 0.3) is 0 Å². The van der Waals surface area contributed by atoms with E-state index in [2.05, 4.69) is 10.6 Å². The van der Waals surface area contributed by atoms with Crippen molar-refractivity contribution in [1.29, 1.82) is 0 Å². The zero-order chi connectivity index (χ0) is 13.8. The van der Waals surface area contributed by atoms with Gasteiger partial charge in [-0.2, -0.15) is 0 Å². The molecule has 2 aliphatic rings. The average Bonchev–Trinajstić information content (AvgIpc) is 3.08. The Morgan fingerprint density at radius 1 is 1.25 bits per heavy atom. The monoisotopic (exact) mass is 276 g/mol. The van der Waals surface area contributed by atoms with Gasteiger partial charge in [-0.1, -0.05) is 18.2 Å². The SMILES string of the molecule is O=C(NC[C@@H]1COC2(CCCC2)O1)Nc1ccccc1. The van der Waals surface area contributed by atoms with Gasteiger partial charge in [0.1, 0.15) is 6.10 Å². The minimum Gasteiger partial charge on any atom is -0.347 e. The molecule has 2 amide bonds. The van der Waals surface area contributed by atoms with E-state index in [-0.39, 0.29) is 17.9 Å². The highest BCUT2D eigenvalue weighted by Gasteiger charge is 2.43. The van der Waals surface area contributed by atoms with Gasteiger partial charge < -0.3 is 20.1 Å². The number of para-hydroxylation sites is 1. The predicted octanol–water partition coefficient (Wildman–Crippen LogP) is 2.49. The van der Waals surface area contributed by atoms with Gasteiger partial charge in [-0.15, -0.1) is 0 Å². The number of hydrogen-bond acceptors (Lipinski definition) is 3. The molecule has 1 aromatic carbocycles. The second-order valence-electron chi connectivity index (χ2n) is 5.37. The molecule has 1 saturated heterocycles. The molecule has 0 unspecified atom stereocenters. The van der Waals surface area contributed by atoms with E-state index in [9.17, 15) is 4.79 Å². The summed E-state index contributed by atoms with van der Waals surface area (Å²) in [6.07, 6.45) is 4.22. The molecule has 0 radical (unpaired) electrons. The molecule has 5 heteroatoms. The number of rotatable bonds is 3. The van der Waals surface area contributed by atoms with Crippen molar-refractivity contribution in [2.75, 3.05) is 18.5 Å². The van der Waals surface area contributed by atoms with Crippen molar-refractivity contribution in [2.45, 2.75) is 37.6 Å². The van der Waals surface area contributed by atoms with Crippen LogP contribution in [0.2, 0.25) is 0 Å². The lowest BCUT2D eigenvalue weighted by atomic mass is 10.2. The van der Waals surface area contributed by atoms with Crippen molar-refractivity contribution in [2.24, 2.45) is 0 Å². The summed E-state index contributed by atoms with van der Waals surface area (Å²) in [5, 5.41) is 5.60. The Kier molecular flexibility index (Phi) is 3.89. The molecular formula is C15H20N2O3. The van der Waals surface area contributed by atoms with Crippen LogP contribution in [0.3, 0.4) is 0 Å². The predicted molar refractivity (Wildman–Crippen MR) is 75.5 cm³/mol. The van der Waals surface area contributed by atoms with Crippen LogP contribution in [0.1, 0.15) is 25.7 Å². The number of hydrogen-bond donors (Lipinski definition) is 2. The van der Waals surface area contributed by atoms with Crippen LogP contribution < -0.4 is 10.6 Å². The minimum absolute atomic E-state index is 0.0466. The Morgan fingerprint density at radius 2 is 2.00 bits per heavy atom. The Bertz CT molecular complexity index is 457. The zero-order valence-electron chi connectivity index (χ0n) is 11.4. The third-order valence-corrected chi connectivity index (χ3v) is 3.80. The largest absolute Gasteiger partial charge is 0.347 e. The number of carbonyl (C=O) groups excluding carboxylic acids is 1. The summed E-state index contributed by atoms with van der Waals surface area (Å²) in [6, 6.07) is 9.16. The molecule has 0 bridgehead atoms. The Labute approximate surface area is 118 Å². The van der Waals surface area contributed by atoms with Gasteiger partial charge in [0.2, 0.25) is 0 Å². The first-order valence-corrected chi connectivity index (χ1v) is 7.17. The third kappa shape index (κ3) is 3.11. The van der Waals surface area contributed by atoms with Crippen molar-refractivity contribution in [3.63, 3.8) is 0 Å².